The fraction of sp³-hybridized carbons (Fsp3) is 0.625. The monoisotopic (exact) mass is 262 g/mol. The van der Waals surface area contributed by atoms with Crippen LogP contribution in [0.1, 0.15) is 38.5 Å². The van der Waals surface area contributed by atoms with E-state index in [1.807, 2.05) is 25.8 Å². The molecule has 104 valence electrons. The molecule has 1 aliphatic rings. The summed E-state index contributed by atoms with van der Waals surface area (Å²) in [5, 5.41) is 0. The molecular formula is C16H24BFO. The second kappa shape index (κ2) is 6.97. The zero-order valence-corrected chi connectivity index (χ0v) is 12.1. The van der Waals surface area contributed by atoms with Gasteiger partial charge in [-0.15, -0.1) is 0 Å². The summed E-state index contributed by atoms with van der Waals surface area (Å²) < 4.78 is 19.5. The minimum Gasteiger partial charge on any atom is -0.493 e. The Bertz CT molecular complexity index is 400. The molecule has 1 saturated carbocycles. The number of rotatable bonds is 5. The van der Waals surface area contributed by atoms with Gasteiger partial charge in [0.1, 0.15) is 11.6 Å². The van der Waals surface area contributed by atoms with Gasteiger partial charge in [0.15, 0.2) is 6.71 Å². The Labute approximate surface area is 116 Å². The van der Waals surface area contributed by atoms with Gasteiger partial charge < -0.3 is 4.74 Å². The third-order valence-electron chi connectivity index (χ3n) is 4.11. The zero-order valence-electron chi connectivity index (χ0n) is 12.1. The Morgan fingerprint density at radius 3 is 2.58 bits per heavy atom. The number of hydrogen-bond donors (Lipinski definition) is 0. The van der Waals surface area contributed by atoms with Gasteiger partial charge in [-0.3, -0.25) is 0 Å². The molecule has 0 aromatic heterocycles. The average molecular weight is 262 g/mol. The molecule has 0 heterocycles. The van der Waals surface area contributed by atoms with Crippen LogP contribution in [0.25, 0.3) is 0 Å². The maximum atomic E-state index is 13.8. The summed E-state index contributed by atoms with van der Waals surface area (Å²) in [5.74, 6) is 1.33. The summed E-state index contributed by atoms with van der Waals surface area (Å²) in [6.45, 7) is 4.94. The Hall–Kier alpha value is -0.985. The van der Waals surface area contributed by atoms with Crippen molar-refractivity contribution in [3.05, 3.63) is 24.0 Å². The molecule has 0 radical (unpaired) electrons. The Kier molecular flexibility index (Phi) is 5.29. The van der Waals surface area contributed by atoms with E-state index < -0.39 is 0 Å². The SMILES string of the molecule is CB(C)c1ccc(OCCC2CCCCC2)cc1F. The lowest BCUT2D eigenvalue weighted by atomic mass is 9.49. The van der Waals surface area contributed by atoms with Crippen LogP contribution in [0.2, 0.25) is 13.6 Å². The van der Waals surface area contributed by atoms with Crippen molar-refractivity contribution in [1.82, 2.24) is 0 Å². The molecule has 0 N–H and O–H groups in total. The third-order valence-corrected chi connectivity index (χ3v) is 4.11. The minimum atomic E-state index is -0.148. The smallest absolute Gasteiger partial charge is 0.173 e. The molecule has 3 heteroatoms. The molecule has 1 nitrogen and oxygen atoms in total. The van der Waals surface area contributed by atoms with E-state index in [0.29, 0.717) is 12.4 Å². The molecule has 0 spiro atoms. The number of benzene rings is 1. The van der Waals surface area contributed by atoms with Crippen molar-refractivity contribution in [3.8, 4) is 5.75 Å². The number of halogens is 1. The molecule has 0 saturated heterocycles. The highest BCUT2D eigenvalue weighted by atomic mass is 19.1. The molecule has 2 rings (SSSR count). The quantitative estimate of drug-likeness (QED) is 0.725. The van der Waals surface area contributed by atoms with Crippen molar-refractivity contribution >= 4 is 12.2 Å². The maximum Gasteiger partial charge on any atom is 0.173 e. The second-order valence-electron chi connectivity index (χ2n) is 5.98. The molecule has 1 aromatic rings. The molecular weight excluding hydrogens is 238 g/mol. The lowest BCUT2D eigenvalue weighted by Crippen LogP contribution is -2.26. The van der Waals surface area contributed by atoms with E-state index in [2.05, 4.69) is 0 Å². The molecule has 1 fully saturated rings. The minimum absolute atomic E-state index is 0.148. The summed E-state index contributed by atoms with van der Waals surface area (Å²) in [6, 6.07) is 5.26. The highest BCUT2D eigenvalue weighted by Gasteiger charge is 2.14. The van der Waals surface area contributed by atoms with Crippen molar-refractivity contribution in [2.75, 3.05) is 6.61 Å². The van der Waals surface area contributed by atoms with E-state index in [4.69, 9.17) is 4.74 Å². The van der Waals surface area contributed by atoms with Crippen LogP contribution in [0, 0.1) is 11.7 Å². The summed E-state index contributed by atoms with van der Waals surface area (Å²) in [6.07, 6.45) is 7.89. The van der Waals surface area contributed by atoms with Crippen molar-refractivity contribution in [3.63, 3.8) is 0 Å². The van der Waals surface area contributed by atoms with Crippen LogP contribution < -0.4 is 10.2 Å². The van der Waals surface area contributed by atoms with E-state index in [0.717, 1.165) is 17.8 Å². The molecule has 0 atom stereocenters. The van der Waals surface area contributed by atoms with Crippen LogP contribution >= 0.6 is 0 Å². The average Bonchev–Trinajstić information content (AvgIpc) is 2.39. The van der Waals surface area contributed by atoms with Crippen LogP contribution in [0.15, 0.2) is 18.2 Å². The van der Waals surface area contributed by atoms with Crippen LogP contribution in [-0.4, -0.2) is 13.3 Å². The Balaban J connectivity index is 1.81. The van der Waals surface area contributed by atoms with Gasteiger partial charge in [-0.2, -0.15) is 0 Å². The van der Waals surface area contributed by atoms with E-state index >= 15 is 0 Å². The Morgan fingerprint density at radius 2 is 1.95 bits per heavy atom. The van der Waals surface area contributed by atoms with Crippen molar-refractivity contribution in [2.45, 2.75) is 52.2 Å². The lowest BCUT2D eigenvalue weighted by Gasteiger charge is -2.21. The van der Waals surface area contributed by atoms with Gasteiger partial charge in [-0.05, 0) is 23.9 Å². The van der Waals surface area contributed by atoms with E-state index in [1.165, 1.54) is 38.2 Å². The fourth-order valence-electron chi connectivity index (χ4n) is 2.89. The van der Waals surface area contributed by atoms with Gasteiger partial charge in [0.25, 0.3) is 0 Å². The zero-order chi connectivity index (χ0) is 13.7. The number of hydrogen-bond acceptors (Lipinski definition) is 1. The summed E-state index contributed by atoms with van der Waals surface area (Å²) in [7, 11) is 0. The number of ether oxygens (including phenoxy) is 1. The van der Waals surface area contributed by atoms with Gasteiger partial charge in [-0.1, -0.05) is 51.8 Å². The van der Waals surface area contributed by atoms with Gasteiger partial charge >= 0.3 is 0 Å². The van der Waals surface area contributed by atoms with Crippen molar-refractivity contribution < 1.29 is 9.13 Å². The first-order valence-corrected chi connectivity index (χ1v) is 7.59. The second-order valence-corrected chi connectivity index (χ2v) is 5.98. The normalized spacial score (nSPS) is 16.4. The van der Waals surface area contributed by atoms with E-state index in [9.17, 15) is 4.39 Å². The highest BCUT2D eigenvalue weighted by Crippen LogP contribution is 2.26. The maximum absolute atomic E-state index is 13.8. The first-order valence-electron chi connectivity index (χ1n) is 7.59. The molecule has 1 aromatic carbocycles. The first kappa shape index (κ1) is 14.4. The predicted octanol–water partition coefficient (Wildman–Crippen LogP) is 4.14. The summed E-state index contributed by atoms with van der Waals surface area (Å²) in [5.41, 5.74) is 0.764. The van der Waals surface area contributed by atoms with Crippen molar-refractivity contribution in [1.29, 1.82) is 0 Å². The van der Waals surface area contributed by atoms with Gasteiger partial charge in [0.2, 0.25) is 0 Å². The Morgan fingerprint density at radius 1 is 1.21 bits per heavy atom. The van der Waals surface area contributed by atoms with E-state index in [-0.39, 0.29) is 12.5 Å². The van der Waals surface area contributed by atoms with Gasteiger partial charge in [0.05, 0.1) is 6.61 Å². The largest absolute Gasteiger partial charge is 0.493 e. The first-order chi connectivity index (χ1) is 9.16. The summed E-state index contributed by atoms with van der Waals surface area (Å²) >= 11 is 0. The summed E-state index contributed by atoms with van der Waals surface area (Å²) in [4.78, 5) is 0. The molecule has 19 heavy (non-hydrogen) atoms. The third kappa shape index (κ3) is 4.26. The van der Waals surface area contributed by atoms with E-state index in [1.54, 1.807) is 0 Å². The fourth-order valence-corrected chi connectivity index (χ4v) is 2.89. The van der Waals surface area contributed by atoms with Crippen LogP contribution in [-0.2, 0) is 0 Å². The van der Waals surface area contributed by atoms with Gasteiger partial charge in [0, 0.05) is 6.07 Å². The molecule has 0 aliphatic heterocycles. The molecule has 1 aliphatic carbocycles. The molecule has 0 unspecified atom stereocenters. The topological polar surface area (TPSA) is 9.23 Å². The van der Waals surface area contributed by atoms with Crippen LogP contribution in [0.3, 0.4) is 0 Å². The predicted molar refractivity (Wildman–Crippen MR) is 80.2 cm³/mol. The highest BCUT2D eigenvalue weighted by molar-refractivity contribution is 6.70. The van der Waals surface area contributed by atoms with Crippen LogP contribution in [0.5, 0.6) is 5.75 Å². The standard InChI is InChI=1S/C16H24BFO/c1-17(2)15-9-8-14(12-16(15)18)19-11-10-13-6-4-3-5-7-13/h8-9,12-13H,3-7,10-11H2,1-2H3. The van der Waals surface area contributed by atoms with Crippen LogP contribution in [0.4, 0.5) is 4.39 Å². The molecule has 0 amide bonds. The molecule has 0 bridgehead atoms. The lowest BCUT2D eigenvalue weighted by molar-refractivity contribution is 0.245. The van der Waals surface area contributed by atoms with Gasteiger partial charge in [-0.25, -0.2) is 4.39 Å². The van der Waals surface area contributed by atoms with Crippen molar-refractivity contribution in [2.24, 2.45) is 5.92 Å².